The van der Waals surface area contributed by atoms with Gasteiger partial charge in [0.05, 0.1) is 12.2 Å². The molecule has 0 spiro atoms. The second-order valence-electron chi connectivity index (χ2n) is 8.48. The molecule has 1 unspecified atom stereocenters. The van der Waals surface area contributed by atoms with Gasteiger partial charge in [0, 0.05) is 19.3 Å². The minimum Gasteiger partial charge on any atom is -0.490 e. The van der Waals surface area contributed by atoms with Crippen molar-refractivity contribution in [2.24, 2.45) is 5.73 Å². The number of amides is 1. The average molecular weight is 398 g/mol. The van der Waals surface area contributed by atoms with E-state index in [0.717, 1.165) is 36.1 Å². The van der Waals surface area contributed by atoms with Crippen LogP contribution < -0.4 is 10.5 Å². The summed E-state index contributed by atoms with van der Waals surface area (Å²) in [7, 11) is 0. The van der Waals surface area contributed by atoms with Crippen LogP contribution in [0.25, 0.3) is 0 Å². The normalized spacial score (nSPS) is 16.3. The van der Waals surface area contributed by atoms with Crippen molar-refractivity contribution in [2.45, 2.75) is 58.2 Å². The smallest absolute Gasteiger partial charge is 0.410 e. The van der Waals surface area contributed by atoms with Crippen LogP contribution in [0.15, 0.2) is 42.7 Å². The van der Waals surface area contributed by atoms with Crippen LogP contribution in [0.3, 0.4) is 0 Å². The molecule has 156 valence electrons. The number of hydrogen-bond acceptors (Lipinski definition) is 5. The summed E-state index contributed by atoms with van der Waals surface area (Å²) in [5.74, 6) is 0.731. The van der Waals surface area contributed by atoms with Crippen LogP contribution in [-0.4, -0.2) is 40.8 Å². The summed E-state index contributed by atoms with van der Waals surface area (Å²) < 4.78 is 11.4. The summed E-state index contributed by atoms with van der Waals surface area (Å²) in [4.78, 5) is 18.2. The molecule has 6 nitrogen and oxygen atoms in total. The number of hydrogen-bond donors (Lipinski definition) is 1. The van der Waals surface area contributed by atoms with Crippen molar-refractivity contribution < 1.29 is 14.3 Å². The van der Waals surface area contributed by atoms with Crippen molar-refractivity contribution in [2.75, 3.05) is 13.2 Å². The molecule has 0 saturated carbocycles. The Kier molecular flexibility index (Phi) is 6.75. The van der Waals surface area contributed by atoms with E-state index < -0.39 is 5.60 Å². The van der Waals surface area contributed by atoms with E-state index in [-0.39, 0.29) is 12.1 Å². The third-order valence-corrected chi connectivity index (χ3v) is 4.91. The number of carbonyl (C=O) groups excluding carboxylic acids is 1. The Bertz CT molecular complexity index is 832. The SMILES string of the molecule is CC(C)(C)OC(=O)N1CCC1COc1cncc(CCc2cccc(CN)c2)c1. The van der Waals surface area contributed by atoms with Gasteiger partial charge < -0.3 is 20.1 Å². The van der Waals surface area contributed by atoms with Gasteiger partial charge in [-0.05, 0) is 62.8 Å². The number of ether oxygens (including phenoxy) is 2. The lowest BCUT2D eigenvalue weighted by molar-refractivity contribution is -0.0141. The van der Waals surface area contributed by atoms with E-state index >= 15 is 0 Å². The molecule has 3 rings (SSSR count). The van der Waals surface area contributed by atoms with Crippen molar-refractivity contribution in [1.82, 2.24) is 9.88 Å². The Morgan fingerprint density at radius 3 is 2.62 bits per heavy atom. The quantitative estimate of drug-likeness (QED) is 0.771. The molecule has 0 radical (unpaired) electrons. The predicted molar refractivity (Wildman–Crippen MR) is 113 cm³/mol. The van der Waals surface area contributed by atoms with Crippen molar-refractivity contribution in [3.63, 3.8) is 0 Å². The number of pyridine rings is 1. The Morgan fingerprint density at radius 1 is 1.17 bits per heavy atom. The fourth-order valence-corrected chi connectivity index (χ4v) is 3.25. The number of benzene rings is 1. The number of rotatable bonds is 7. The summed E-state index contributed by atoms with van der Waals surface area (Å²) in [6, 6.07) is 10.4. The number of aromatic nitrogens is 1. The molecule has 6 heteroatoms. The van der Waals surface area contributed by atoms with Crippen LogP contribution in [-0.2, 0) is 24.1 Å². The van der Waals surface area contributed by atoms with E-state index in [1.807, 2.05) is 45.2 Å². The van der Waals surface area contributed by atoms with Crippen LogP contribution in [0.5, 0.6) is 5.75 Å². The Labute approximate surface area is 173 Å². The van der Waals surface area contributed by atoms with Crippen molar-refractivity contribution >= 4 is 6.09 Å². The lowest BCUT2D eigenvalue weighted by Crippen LogP contribution is -2.55. The third-order valence-electron chi connectivity index (χ3n) is 4.91. The monoisotopic (exact) mass is 397 g/mol. The minimum atomic E-state index is -0.486. The number of likely N-dealkylation sites (tertiary alicyclic amines) is 1. The number of nitrogens with zero attached hydrogens (tertiary/aromatic N) is 2. The summed E-state index contributed by atoms with van der Waals surface area (Å²) in [5.41, 5.74) is 8.77. The van der Waals surface area contributed by atoms with Crippen molar-refractivity contribution in [3.05, 3.63) is 59.4 Å². The zero-order valence-electron chi connectivity index (χ0n) is 17.6. The highest BCUT2D eigenvalue weighted by Crippen LogP contribution is 2.23. The van der Waals surface area contributed by atoms with Gasteiger partial charge in [0.2, 0.25) is 0 Å². The number of carbonyl (C=O) groups is 1. The molecule has 2 N–H and O–H groups in total. The van der Waals surface area contributed by atoms with E-state index in [1.54, 1.807) is 11.1 Å². The molecule has 1 atom stereocenters. The van der Waals surface area contributed by atoms with Gasteiger partial charge in [-0.15, -0.1) is 0 Å². The first-order valence-corrected chi connectivity index (χ1v) is 10.2. The Morgan fingerprint density at radius 2 is 1.93 bits per heavy atom. The van der Waals surface area contributed by atoms with E-state index in [0.29, 0.717) is 19.7 Å². The van der Waals surface area contributed by atoms with Crippen LogP contribution in [0.4, 0.5) is 4.79 Å². The molecule has 2 heterocycles. The second-order valence-corrected chi connectivity index (χ2v) is 8.48. The predicted octanol–water partition coefficient (Wildman–Crippen LogP) is 3.71. The largest absolute Gasteiger partial charge is 0.490 e. The first-order chi connectivity index (χ1) is 13.8. The molecule has 1 aromatic heterocycles. The van der Waals surface area contributed by atoms with Gasteiger partial charge in [0.15, 0.2) is 0 Å². The molecule has 1 fully saturated rings. The molecule has 1 aliphatic heterocycles. The van der Waals surface area contributed by atoms with E-state index in [2.05, 4.69) is 17.1 Å². The fourth-order valence-electron chi connectivity index (χ4n) is 3.25. The van der Waals surface area contributed by atoms with E-state index in [4.69, 9.17) is 15.2 Å². The van der Waals surface area contributed by atoms with Crippen molar-refractivity contribution in [1.29, 1.82) is 0 Å². The molecule has 0 aliphatic carbocycles. The zero-order chi connectivity index (χ0) is 20.9. The summed E-state index contributed by atoms with van der Waals surface area (Å²) in [6.45, 7) is 7.34. The molecule has 1 amide bonds. The highest BCUT2D eigenvalue weighted by Gasteiger charge is 2.35. The maximum Gasteiger partial charge on any atom is 0.410 e. The zero-order valence-corrected chi connectivity index (χ0v) is 17.6. The molecular weight excluding hydrogens is 366 g/mol. The molecule has 2 aromatic rings. The highest BCUT2D eigenvalue weighted by atomic mass is 16.6. The summed E-state index contributed by atoms with van der Waals surface area (Å²) >= 11 is 0. The van der Waals surface area contributed by atoms with Gasteiger partial charge in [-0.1, -0.05) is 24.3 Å². The summed E-state index contributed by atoms with van der Waals surface area (Å²) in [5, 5.41) is 0. The number of aryl methyl sites for hydroxylation is 2. The third kappa shape index (κ3) is 6.19. The lowest BCUT2D eigenvalue weighted by Gasteiger charge is -2.40. The van der Waals surface area contributed by atoms with E-state index in [9.17, 15) is 4.79 Å². The maximum absolute atomic E-state index is 12.2. The van der Waals surface area contributed by atoms with Gasteiger partial charge in [0.1, 0.15) is 18.0 Å². The molecule has 1 saturated heterocycles. The first kappa shape index (κ1) is 21.1. The van der Waals surface area contributed by atoms with E-state index in [1.165, 1.54) is 5.56 Å². The second kappa shape index (κ2) is 9.27. The highest BCUT2D eigenvalue weighted by molar-refractivity contribution is 5.69. The van der Waals surface area contributed by atoms with Gasteiger partial charge in [-0.3, -0.25) is 4.98 Å². The molecule has 1 aromatic carbocycles. The fraction of sp³-hybridized carbons (Fsp3) is 0.478. The molecular formula is C23H31N3O3. The van der Waals surface area contributed by atoms with Crippen LogP contribution in [0.2, 0.25) is 0 Å². The topological polar surface area (TPSA) is 77.7 Å². The summed E-state index contributed by atoms with van der Waals surface area (Å²) in [6.07, 6.45) is 6.04. The van der Waals surface area contributed by atoms with Crippen molar-refractivity contribution in [3.8, 4) is 5.75 Å². The maximum atomic E-state index is 12.2. The van der Waals surface area contributed by atoms with Gasteiger partial charge in [-0.25, -0.2) is 4.79 Å². The first-order valence-electron chi connectivity index (χ1n) is 10.2. The van der Waals surface area contributed by atoms with Crippen LogP contribution in [0.1, 0.15) is 43.9 Å². The Balaban J connectivity index is 1.50. The molecule has 0 bridgehead atoms. The lowest BCUT2D eigenvalue weighted by atomic mass is 10.0. The van der Waals surface area contributed by atoms with Gasteiger partial charge >= 0.3 is 6.09 Å². The minimum absolute atomic E-state index is 0.0486. The molecule has 1 aliphatic rings. The van der Waals surface area contributed by atoms with Crippen LogP contribution in [0, 0.1) is 0 Å². The van der Waals surface area contributed by atoms with Gasteiger partial charge in [0.25, 0.3) is 0 Å². The van der Waals surface area contributed by atoms with Crippen LogP contribution >= 0.6 is 0 Å². The number of nitrogens with two attached hydrogens (primary N) is 1. The van der Waals surface area contributed by atoms with Gasteiger partial charge in [-0.2, -0.15) is 0 Å². The molecule has 29 heavy (non-hydrogen) atoms. The standard InChI is InChI=1S/C23H31N3O3/c1-23(2,3)29-22(27)26-10-9-20(26)16-28-21-12-19(14-25-15-21)8-7-17-5-4-6-18(11-17)13-24/h4-6,11-12,14-15,20H,7-10,13,16,24H2,1-3H3. The Hall–Kier alpha value is -2.60. The average Bonchev–Trinajstić information content (AvgIpc) is 2.64.